The number of hydrogen-bond acceptors (Lipinski definition) is 3. The summed E-state index contributed by atoms with van der Waals surface area (Å²) >= 11 is 3.16. The lowest BCUT2D eigenvalue weighted by atomic mass is 10.4. The van der Waals surface area contributed by atoms with Crippen LogP contribution in [0.15, 0.2) is 16.7 Å². The van der Waals surface area contributed by atoms with Crippen LogP contribution in [0.5, 0.6) is 0 Å². The predicted octanol–water partition coefficient (Wildman–Crippen LogP) is 1.55. The SMILES string of the molecule is O=S1CCN(c2ncc(Br)cc2F)CC1. The molecule has 2 heterocycles. The maximum absolute atomic E-state index is 13.5. The van der Waals surface area contributed by atoms with Gasteiger partial charge in [0, 0.05) is 46.1 Å². The van der Waals surface area contributed by atoms with Gasteiger partial charge >= 0.3 is 0 Å². The van der Waals surface area contributed by atoms with E-state index in [1.165, 1.54) is 6.07 Å². The summed E-state index contributed by atoms with van der Waals surface area (Å²) in [6, 6.07) is 1.40. The highest BCUT2D eigenvalue weighted by molar-refractivity contribution is 9.10. The lowest BCUT2D eigenvalue weighted by Gasteiger charge is -2.27. The lowest BCUT2D eigenvalue weighted by molar-refractivity contribution is 0.608. The Labute approximate surface area is 98.3 Å². The molecule has 0 aliphatic carbocycles. The van der Waals surface area contributed by atoms with E-state index in [2.05, 4.69) is 20.9 Å². The fourth-order valence-corrected chi connectivity index (χ4v) is 2.85. The first-order chi connectivity index (χ1) is 7.16. The molecule has 1 aromatic rings. The van der Waals surface area contributed by atoms with Crippen LogP contribution in [0, 0.1) is 5.82 Å². The van der Waals surface area contributed by atoms with E-state index in [-0.39, 0.29) is 5.82 Å². The standard InChI is InChI=1S/C9H10BrFN2OS/c10-7-5-8(11)9(12-6-7)13-1-3-15(14)4-2-13/h5-6H,1-4H2. The molecule has 0 radical (unpaired) electrons. The van der Waals surface area contributed by atoms with Gasteiger partial charge in [-0.2, -0.15) is 0 Å². The average molecular weight is 293 g/mol. The second-order valence-corrected chi connectivity index (χ2v) is 5.91. The Morgan fingerprint density at radius 3 is 2.73 bits per heavy atom. The van der Waals surface area contributed by atoms with Gasteiger partial charge in [0.1, 0.15) is 0 Å². The van der Waals surface area contributed by atoms with Crippen molar-refractivity contribution in [2.45, 2.75) is 0 Å². The Balaban J connectivity index is 2.19. The third-order valence-electron chi connectivity index (χ3n) is 2.27. The minimum absolute atomic E-state index is 0.336. The summed E-state index contributed by atoms with van der Waals surface area (Å²) in [5.74, 6) is 1.21. The summed E-state index contributed by atoms with van der Waals surface area (Å²) in [7, 11) is -0.747. The minimum Gasteiger partial charge on any atom is -0.352 e. The molecule has 0 amide bonds. The Morgan fingerprint density at radius 2 is 2.13 bits per heavy atom. The van der Waals surface area contributed by atoms with Gasteiger partial charge in [-0.15, -0.1) is 0 Å². The normalized spacial score (nSPS) is 18.1. The second-order valence-electron chi connectivity index (χ2n) is 3.29. The molecular formula is C9H10BrFN2OS. The van der Waals surface area contributed by atoms with Crippen LogP contribution in [-0.4, -0.2) is 33.8 Å². The fraction of sp³-hybridized carbons (Fsp3) is 0.444. The summed E-state index contributed by atoms with van der Waals surface area (Å²) in [6.45, 7) is 1.22. The van der Waals surface area contributed by atoms with Crippen LogP contribution in [0.3, 0.4) is 0 Å². The number of anilines is 1. The topological polar surface area (TPSA) is 33.2 Å². The Morgan fingerprint density at radius 1 is 1.47 bits per heavy atom. The van der Waals surface area contributed by atoms with Crippen molar-refractivity contribution in [3.63, 3.8) is 0 Å². The molecule has 0 bridgehead atoms. The average Bonchev–Trinajstić information content (AvgIpc) is 2.20. The van der Waals surface area contributed by atoms with Crippen LogP contribution in [0.1, 0.15) is 0 Å². The van der Waals surface area contributed by atoms with Gasteiger partial charge in [0.25, 0.3) is 0 Å². The molecule has 1 aliphatic rings. The van der Waals surface area contributed by atoms with E-state index in [0.717, 1.165) is 0 Å². The molecule has 0 spiro atoms. The molecule has 0 N–H and O–H groups in total. The second kappa shape index (κ2) is 4.57. The minimum atomic E-state index is -0.747. The first-order valence-corrected chi connectivity index (χ1v) is 6.86. The number of rotatable bonds is 1. The molecule has 1 aliphatic heterocycles. The van der Waals surface area contributed by atoms with Gasteiger partial charge in [-0.25, -0.2) is 9.37 Å². The van der Waals surface area contributed by atoms with E-state index in [1.807, 2.05) is 4.90 Å². The summed E-state index contributed by atoms with van der Waals surface area (Å²) in [5.41, 5.74) is 0. The molecule has 2 rings (SSSR count). The zero-order chi connectivity index (χ0) is 10.8. The van der Waals surface area contributed by atoms with Crippen LogP contribution < -0.4 is 4.90 Å². The predicted molar refractivity (Wildman–Crippen MR) is 62.0 cm³/mol. The Kier molecular flexibility index (Phi) is 3.35. The molecule has 0 atom stereocenters. The van der Waals surface area contributed by atoms with E-state index >= 15 is 0 Å². The Bertz CT molecular complexity index is 392. The van der Waals surface area contributed by atoms with Crippen molar-refractivity contribution in [3.05, 3.63) is 22.6 Å². The van der Waals surface area contributed by atoms with Crippen LogP contribution >= 0.6 is 15.9 Å². The number of aromatic nitrogens is 1. The lowest BCUT2D eigenvalue weighted by Crippen LogP contribution is -2.38. The van der Waals surface area contributed by atoms with Crippen LogP contribution in [0.4, 0.5) is 10.2 Å². The summed E-state index contributed by atoms with van der Waals surface area (Å²) in [6.07, 6.45) is 1.57. The number of nitrogens with zero attached hydrogens (tertiary/aromatic N) is 2. The van der Waals surface area contributed by atoms with E-state index in [0.29, 0.717) is 34.9 Å². The maximum Gasteiger partial charge on any atom is 0.166 e. The van der Waals surface area contributed by atoms with Crippen molar-refractivity contribution in [1.82, 2.24) is 4.98 Å². The number of pyridine rings is 1. The molecule has 6 heteroatoms. The molecule has 0 aromatic carbocycles. The quantitative estimate of drug-likeness (QED) is 0.787. The third-order valence-corrected chi connectivity index (χ3v) is 3.98. The molecule has 3 nitrogen and oxygen atoms in total. The molecule has 1 aromatic heterocycles. The molecule has 0 unspecified atom stereocenters. The highest BCUT2D eigenvalue weighted by atomic mass is 79.9. The van der Waals surface area contributed by atoms with Crippen molar-refractivity contribution < 1.29 is 8.60 Å². The summed E-state index contributed by atoms with van der Waals surface area (Å²) in [5, 5.41) is 0. The zero-order valence-corrected chi connectivity index (χ0v) is 10.4. The van der Waals surface area contributed by atoms with Crippen LogP contribution in [-0.2, 0) is 10.8 Å². The van der Waals surface area contributed by atoms with E-state index in [4.69, 9.17) is 0 Å². The van der Waals surface area contributed by atoms with E-state index in [1.54, 1.807) is 6.20 Å². The van der Waals surface area contributed by atoms with Gasteiger partial charge in [-0.3, -0.25) is 4.21 Å². The first kappa shape index (κ1) is 11.0. The molecule has 1 saturated heterocycles. The molecule has 82 valence electrons. The monoisotopic (exact) mass is 292 g/mol. The van der Waals surface area contributed by atoms with Crippen molar-refractivity contribution in [2.24, 2.45) is 0 Å². The summed E-state index contributed by atoms with van der Waals surface area (Å²) in [4.78, 5) is 5.87. The van der Waals surface area contributed by atoms with E-state index in [9.17, 15) is 8.60 Å². The smallest absolute Gasteiger partial charge is 0.166 e. The zero-order valence-electron chi connectivity index (χ0n) is 7.95. The third kappa shape index (κ3) is 2.55. The van der Waals surface area contributed by atoms with Gasteiger partial charge in [0.2, 0.25) is 0 Å². The van der Waals surface area contributed by atoms with Gasteiger partial charge in [-0.1, -0.05) is 0 Å². The van der Waals surface area contributed by atoms with Crippen LogP contribution in [0.25, 0.3) is 0 Å². The van der Waals surface area contributed by atoms with Crippen molar-refractivity contribution >= 4 is 32.5 Å². The largest absolute Gasteiger partial charge is 0.352 e. The van der Waals surface area contributed by atoms with Crippen molar-refractivity contribution in [2.75, 3.05) is 29.5 Å². The Hall–Kier alpha value is -0.490. The van der Waals surface area contributed by atoms with Gasteiger partial charge in [0.15, 0.2) is 11.6 Å². The molecule has 15 heavy (non-hydrogen) atoms. The van der Waals surface area contributed by atoms with E-state index < -0.39 is 10.8 Å². The van der Waals surface area contributed by atoms with Crippen molar-refractivity contribution in [3.8, 4) is 0 Å². The number of hydrogen-bond donors (Lipinski definition) is 0. The molecule has 1 fully saturated rings. The van der Waals surface area contributed by atoms with Crippen LogP contribution in [0.2, 0.25) is 0 Å². The van der Waals surface area contributed by atoms with Crippen molar-refractivity contribution in [1.29, 1.82) is 0 Å². The van der Waals surface area contributed by atoms with Gasteiger partial charge in [0.05, 0.1) is 0 Å². The maximum atomic E-state index is 13.5. The van der Waals surface area contributed by atoms with Gasteiger partial charge < -0.3 is 4.90 Å². The van der Waals surface area contributed by atoms with Gasteiger partial charge in [-0.05, 0) is 22.0 Å². The summed E-state index contributed by atoms with van der Waals surface area (Å²) < 4.78 is 25.3. The highest BCUT2D eigenvalue weighted by Gasteiger charge is 2.19. The molecule has 0 saturated carbocycles. The first-order valence-electron chi connectivity index (χ1n) is 4.58. The highest BCUT2D eigenvalue weighted by Crippen LogP contribution is 2.20. The molecular weight excluding hydrogens is 283 g/mol. The number of halogens is 2. The fourth-order valence-electron chi connectivity index (χ4n) is 1.49.